The van der Waals surface area contributed by atoms with Crippen molar-refractivity contribution in [3.63, 3.8) is 0 Å². The molecular weight excluding hydrogens is 312 g/mol. The third-order valence-electron chi connectivity index (χ3n) is 4.83. The van der Waals surface area contributed by atoms with Crippen molar-refractivity contribution < 1.29 is 4.79 Å². The van der Waals surface area contributed by atoms with Gasteiger partial charge in [0, 0.05) is 38.1 Å². The number of carbonyl (C=O) groups is 1. The first kappa shape index (κ1) is 17.4. The fourth-order valence-electron chi connectivity index (χ4n) is 3.24. The molecule has 0 spiro atoms. The highest BCUT2D eigenvalue weighted by atomic mass is 16.2. The van der Waals surface area contributed by atoms with Crippen molar-refractivity contribution in [3.8, 4) is 0 Å². The SMILES string of the molecule is NCc1ccc(CNC(=O)N2CCC(Cc3ccccn3)CC2)cc1. The molecule has 2 aromatic rings. The third kappa shape index (κ3) is 5.03. The fourth-order valence-corrected chi connectivity index (χ4v) is 3.24. The Balaban J connectivity index is 1.41. The molecule has 1 aromatic heterocycles. The summed E-state index contributed by atoms with van der Waals surface area (Å²) >= 11 is 0. The van der Waals surface area contributed by atoms with E-state index in [4.69, 9.17) is 5.73 Å². The van der Waals surface area contributed by atoms with E-state index in [1.807, 2.05) is 47.5 Å². The number of benzene rings is 1. The first-order chi connectivity index (χ1) is 12.2. The van der Waals surface area contributed by atoms with Crippen LogP contribution in [0.15, 0.2) is 48.7 Å². The lowest BCUT2D eigenvalue weighted by atomic mass is 9.92. The number of hydrogen-bond acceptors (Lipinski definition) is 3. The highest BCUT2D eigenvalue weighted by Crippen LogP contribution is 2.20. The van der Waals surface area contributed by atoms with Gasteiger partial charge in [0.2, 0.25) is 0 Å². The van der Waals surface area contributed by atoms with Crippen molar-refractivity contribution in [3.05, 3.63) is 65.5 Å². The quantitative estimate of drug-likeness (QED) is 0.880. The molecule has 2 heterocycles. The van der Waals surface area contributed by atoms with Crippen LogP contribution < -0.4 is 11.1 Å². The van der Waals surface area contributed by atoms with Crippen molar-refractivity contribution in [2.24, 2.45) is 11.7 Å². The zero-order valence-corrected chi connectivity index (χ0v) is 14.5. The van der Waals surface area contributed by atoms with Crippen LogP contribution in [-0.2, 0) is 19.5 Å². The fraction of sp³-hybridized carbons (Fsp3) is 0.400. The summed E-state index contributed by atoms with van der Waals surface area (Å²) in [5.74, 6) is 0.614. The Morgan fingerprint density at radius 3 is 2.48 bits per heavy atom. The number of amides is 2. The summed E-state index contributed by atoms with van der Waals surface area (Å²) in [6.07, 6.45) is 4.92. The number of likely N-dealkylation sites (tertiary alicyclic amines) is 1. The standard InChI is InChI=1S/C20H26N4O/c21-14-17-4-6-18(7-5-17)15-23-20(25)24-11-8-16(9-12-24)13-19-3-1-2-10-22-19/h1-7,10,16H,8-9,11-15,21H2,(H,23,25). The maximum absolute atomic E-state index is 12.3. The van der Waals surface area contributed by atoms with Gasteiger partial charge in [-0.05, 0) is 48.4 Å². The molecule has 0 radical (unpaired) electrons. The van der Waals surface area contributed by atoms with Gasteiger partial charge in [0.1, 0.15) is 0 Å². The van der Waals surface area contributed by atoms with Gasteiger partial charge >= 0.3 is 6.03 Å². The van der Waals surface area contributed by atoms with Crippen molar-refractivity contribution in [1.29, 1.82) is 0 Å². The molecule has 0 bridgehead atoms. The maximum Gasteiger partial charge on any atom is 0.317 e. The molecule has 1 aromatic carbocycles. The number of nitrogens with two attached hydrogens (primary N) is 1. The average molecular weight is 338 g/mol. The molecule has 3 N–H and O–H groups in total. The van der Waals surface area contributed by atoms with Crippen LogP contribution in [0, 0.1) is 5.92 Å². The molecule has 0 aliphatic carbocycles. The smallest absolute Gasteiger partial charge is 0.317 e. The Morgan fingerprint density at radius 1 is 1.12 bits per heavy atom. The van der Waals surface area contributed by atoms with E-state index in [0.29, 0.717) is 19.0 Å². The predicted molar refractivity (Wildman–Crippen MR) is 98.8 cm³/mol. The summed E-state index contributed by atoms with van der Waals surface area (Å²) in [7, 11) is 0. The number of rotatable bonds is 5. The Labute approximate surface area is 149 Å². The minimum atomic E-state index is 0.0270. The molecule has 1 saturated heterocycles. The molecule has 0 atom stereocenters. The summed E-state index contributed by atoms with van der Waals surface area (Å²) < 4.78 is 0. The van der Waals surface area contributed by atoms with Crippen molar-refractivity contribution >= 4 is 6.03 Å². The second-order valence-electron chi connectivity index (χ2n) is 6.63. The van der Waals surface area contributed by atoms with E-state index in [1.165, 1.54) is 0 Å². The van der Waals surface area contributed by atoms with Gasteiger partial charge in [-0.25, -0.2) is 4.79 Å². The number of pyridine rings is 1. The topological polar surface area (TPSA) is 71.2 Å². The van der Waals surface area contributed by atoms with Crippen molar-refractivity contribution in [2.45, 2.75) is 32.4 Å². The minimum Gasteiger partial charge on any atom is -0.334 e. The summed E-state index contributed by atoms with van der Waals surface area (Å²) in [6, 6.07) is 14.1. The largest absolute Gasteiger partial charge is 0.334 e. The lowest BCUT2D eigenvalue weighted by molar-refractivity contribution is 0.170. The average Bonchev–Trinajstić information content (AvgIpc) is 2.68. The van der Waals surface area contributed by atoms with Crippen LogP contribution in [0.2, 0.25) is 0 Å². The van der Waals surface area contributed by atoms with E-state index in [0.717, 1.165) is 49.2 Å². The normalized spacial score (nSPS) is 15.2. The lowest BCUT2D eigenvalue weighted by Crippen LogP contribution is -2.44. The molecule has 5 heteroatoms. The van der Waals surface area contributed by atoms with Gasteiger partial charge in [0.25, 0.3) is 0 Å². The molecule has 0 unspecified atom stereocenters. The number of piperidine rings is 1. The number of aromatic nitrogens is 1. The maximum atomic E-state index is 12.3. The molecule has 5 nitrogen and oxygen atoms in total. The van der Waals surface area contributed by atoms with Crippen molar-refractivity contribution in [2.75, 3.05) is 13.1 Å². The van der Waals surface area contributed by atoms with E-state index in [-0.39, 0.29) is 6.03 Å². The van der Waals surface area contributed by atoms with Crippen LogP contribution in [0.25, 0.3) is 0 Å². The van der Waals surface area contributed by atoms with Crippen LogP contribution in [-0.4, -0.2) is 29.0 Å². The first-order valence-electron chi connectivity index (χ1n) is 8.95. The zero-order valence-electron chi connectivity index (χ0n) is 14.5. The van der Waals surface area contributed by atoms with Gasteiger partial charge in [0.05, 0.1) is 0 Å². The van der Waals surface area contributed by atoms with Crippen LogP contribution in [0.3, 0.4) is 0 Å². The Bertz CT molecular complexity index is 664. The highest BCUT2D eigenvalue weighted by molar-refractivity contribution is 5.74. The Morgan fingerprint density at radius 2 is 1.84 bits per heavy atom. The molecule has 1 aliphatic rings. The molecule has 2 amide bonds. The number of carbonyl (C=O) groups excluding carboxylic acids is 1. The summed E-state index contributed by atoms with van der Waals surface area (Å²) in [6.45, 7) is 2.72. The van der Waals surface area contributed by atoms with Crippen LogP contribution in [0.4, 0.5) is 4.79 Å². The molecular formula is C20H26N4O. The summed E-state index contributed by atoms with van der Waals surface area (Å²) in [5, 5.41) is 3.01. The molecule has 0 saturated carbocycles. The van der Waals surface area contributed by atoms with Crippen LogP contribution in [0.1, 0.15) is 29.7 Å². The summed E-state index contributed by atoms with van der Waals surface area (Å²) in [4.78, 5) is 18.7. The van der Waals surface area contributed by atoms with E-state index >= 15 is 0 Å². The number of nitrogens with one attached hydrogen (secondary N) is 1. The third-order valence-corrected chi connectivity index (χ3v) is 4.83. The van der Waals surface area contributed by atoms with Gasteiger partial charge in [-0.1, -0.05) is 30.3 Å². The van der Waals surface area contributed by atoms with Gasteiger partial charge in [0.15, 0.2) is 0 Å². The van der Waals surface area contributed by atoms with Crippen LogP contribution >= 0.6 is 0 Å². The van der Waals surface area contributed by atoms with Crippen LogP contribution in [0.5, 0.6) is 0 Å². The molecule has 3 rings (SSSR count). The van der Waals surface area contributed by atoms with E-state index in [9.17, 15) is 4.79 Å². The molecule has 1 fully saturated rings. The zero-order chi connectivity index (χ0) is 17.5. The first-order valence-corrected chi connectivity index (χ1v) is 8.95. The van der Waals surface area contributed by atoms with Gasteiger partial charge < -0.3 is 16.0 Å². The lowest BCUT2D eigenvalue weighted by Gasteiger charge is -2.32. The monoisotopic (exact) mass is 338 g/mol. The second kappa shape index (κ2) is 8.62. The predicted octanol–water partition coefficient (Wildman–Crippen LogP) is 2.70. The number of nitrogens with zero attached hydrogens (tertiary/aromatic N) is 2. The number of hydrogen-bond donors (Lipinski definition) is 2. The van der Waals surface area contributed by atoms with Crippen molar-refractivity contribution in [1.82, 2.24) is 15.2 Å². The molecule has 25 heavy (non-hydrogen) atoms. The second-order valence-corrected chi connectivity index (χ2v) is 6.63. The van der Waals surface area contributed by atoms with E-state index < -0.39 is 0 Å². The number of urea groups is 1. The van der Waals surface area contributed by atoms with E-state index in [1.54, 1.807) is 0 Å². The van der Waals surface area contributed by atoms with Gasteiger partial charge in [-0.15, -0.1) is 0 Å². The van der Waals surface area contributed by atoms with Gasteiger partial charge in [-0.2, -0.15) is 0 Å². The minimum absolute atomic E-state index is 0.0270. The molecule has 132 valence electrons. The Kier molecular flexibility index (Phi) is 6.01. The Hall–Kier alpha value is -2.40. The summed E-state index contributed by atoms with van der Waals surface area (Å²) in [5.41, 5.74) is 8.94. The highest BCUT2D eigenvalue weighted by Gasteiger charge is 2.23. The molecule has 1 aliphatic heterocycles. The van der Waals surface area contributed by atoms with Gasteiger partial charge in [-0.3, -0.25) is 4.98 Å². The van der Waals surface area contributed by atoms with E-state index in [2.05, 4.69) is 16.4 Å².